The zero-order valence-corrected chi connectivity index (χ0v) is 32.2. The maximum absolute atomic E-state index is 13.9. The minimum atomic E-state index is -1.74. The molecule has 4 aromatic carbocycles. The number of aromatic carboxylic acids is 2. The first-order valence-electron chi connectivity index (χ1n) is 17.6. The zero-order valence-electron chi connectivity index (χ0n) is 32.2. The molecule has 0 bridgehead atoms. The predicted molar refractivity (Wildman–Crippen MR) is 204 cm³/mol. The highest BCUT2D eigenvalue weighted by Gasteiger charge is 2.38. The molecule has 0 spiro atoms. The molecule has 3 N–H and O–H groups in total. The number of alkyl carbamates (subject to hydrolysis) is 1. The molecule has 0 aliphatic carbocycles. The minimum absolute atomic E-state index is 0.0457. The van der Waals surface area contributed by atoms with Crippen molar-refractivity contribution >= 4 is 35.6 Å². The maximum Gasteiger partial charge on any atom is 0.408 e. The number of benzene rings is 4. The molecule has 4 rings (SSSR count). The topological polar surface area (TPSA) is 192 Å². The van der Waals surface area contributed by atoms with E-state index in [1.54, 1.807) is 51.1 Å². The van der Waals surface area contributed by atoms with Crippen LogP contribution in [-0.4, -0.2) is 68.6 Å². The second kappa shape index (κ2) is 17.3. The maximum atomic E-state index is 13.9. The van der Waals surface area contributed by atoms with Gasteiger partial charge in [-0.05, 0) is 83.9 Å². The largest absolute Gasteiger partial charge is 0.478 e. The van der Waals surface area contributed by atoms with Crippen LogP contribution in [0.5, 0.6) is 11.5 Å². The highest BCUT2D eigenvalue weighted by molar-refractivity contribution is 6.10. The highest BCUT2D eigenvalue weighted by Crippen LogP contribution is 2.37. The first-order valence-corrected chi connectivity index (χ1v) is 17.6. The number of carbonyl (C=O) groups is 6. The monoisotopic (exact) mass is 767 g/mol. The summed E-state index contributed by atoms with van der Waals surface area (Å²) >= 11 is 0. The van der Waals surface area contributed by atoms with Crippen LogP contribution in [0.25, 0.3) is 0 Å². The molecule has 4 aromatic rings. The van der Waals surface area contributed by atoms with Crippen molar-refractivity contribution in [2.45, 2.75) is 84.3 Å². The number of carbonyl (C=O) groups excluding carboxylic acids is 4. The van der Waals surface area contributed by atoms with E-state index in [0.29, 0.717) is 11.1 Å². The fourth-order valence-corrected chi connectivity index (χ4v) is 5.58. The molecule has 0 fully saturated rings. The number of esters is 1. The summed E-state index contributed by atoms with van der Waals surface area (Å²) < 4.78 is 23.5. The Hall–Kier alpha value is -6.50. The molecule has 0 aliphatic rings. The van der Waals surface area contributed by atoms with E-state index in [-0.39, 0.29) is 46.8 Å². The first-order chi connectivity index (χ1) is 26.2. The van der Waals surface area contributed by atoms with Crippen LogP contribution in [0, 0.1) is 0 Å². The number of ether oxygens (including phenoxy) is 4. The van der Waals surface area contributed by atoms with Gasteiger partial charge in [-0.3, -0.25) is 9.59 Å². The van der Waals surface area contributed by atoms with Crippen LogP contribution in [0.1, 0.15) is 101 Å². The quantitative estimate of drug-likeness (QED) is 0.0760. The van der Waals surface area contributed by atoms with Gasteiger partial charge in [0.1, 0.15) is 18.2 Å². The van der Waals surface area contributed by atoms with Gasteiger partial charge in [0.25, 0.3) is 0 Å². The van der Waals surface area contributed by atoms with Crippen molar-refractivity contribution in [3.63, 3.8) is 0 Å². The van der Waals surface area contributed by atoms with Crippen LogP contribution in [0.2, 0.25) is 0 Å². The average Bonchev–Trinajstić information content (AvgIpc) is 3.13. The van der Waals surface area contributed by atoms with Crippen LogP contribution >= 0.6 is 0 Å². The second-order valence-corrected chi connectivity index (χ2v) is 14.9. The summed E-state index contributed by atoms with van der Waals surface area (Å²) in [6.45, 7) is 10.7. The van der Waals surface area contributed by atoms with Gasteiger partial charge in [-0.2, -0.15) is 0 Å². The standard InChI is InChI=1S/C43H45NO12/c1-41(2,3)56-40(52)44-32(39(51)53-25-26-15-9-8-10-16-26)23-27-21-22-33(54-42(4,5)35(45)28-17-11-13-19-30(28)37(47)48)34(24-27)55-43(6,7)36(46)29-18-12-14-20-31(29)38(49)50/h8-22,24,32H,23,25H2,1-7H3,(H,44,52)(H,47,48)(H,49,50)/t32-/m0/s1. The van der Waals surface area contributed by atoms with Gasteiger partial charge in [-0.15, -0.1) is 0 Å². The van der Waals surface area contributed by atoms with Gasteiger partial charge in [-0.25, -0.2) is 19.2 Å². The van der Waals surface area contributed by atoms with Crippen LogP contribution in [0.15, 0.2) is 97.1 Å². The molecule has 56 heavy (non-hydrogen) atoms. The third kappa shape index (κ3) is 11.0. The van der Waals surface area contributed by atoms with Gasteiger partial charge in [0.05, 0.1) is 11.1 Å². The van der Waals surface area contributed by atoms with E-state index >= 15 is 0 Å². The average molecular weight is 768 g/mol. The Kier molecular flexibility index (Phi) is 13.1. The number of carboxylic acid groups (broad SMARTS) is 2. The van der Waals surface area contributed by atoms with Crippen molar-refractivity contribution in [3.05, 3.63) is 130 Å². The summed E-state index contributed by atoms with van der Waals surface area (Å²) in [6, 6.07) is 23.4. The lowest BCUT2D eigenvalue weighted by atomic mass is 9.92. The van der Waals surface area contributed by atoms with Crippen molar-refractivity contribution < 1.29 is 57.9 Å². The van der Waals surface area contributed by atoms with Gasteiger partial charge >= 0.3 is 24.0 Å². The summed E-state index contributed by atoms with van der Waals surface area (Å²) in [5.74, 6) is -4.89. The number of ketones is 2. The first kappa shape index (κ1) is 42.2. The molecule has 13 heteroatoms. The zero-order chi connectivity index (χ0) is 41.4. The molecule has 1 atom stereocenters. The molecule has 0 saturated heterocycles. The summed E-state index contributed by atoms with van der Waals surface area (Å²) in [5.41, 5.74) is -3.90. The van der Waals surface area contributed by atoms with Gasteiger partial charge in [0.15, 0.2) is 22.7 Å². The van der Waals surface area contributed by atoms with Crippen molar-refractivity contribution in [1.29, 1.82) is 0 Å². The van der Waals surface area contributed by atoms with E-state index in [2.05, 4.69) is 5.32 Å². The van der Waals surface area contributed by atoms with Crippen LogP contribution in [-0.2, 0) is 27.3 Å². The Bertz CT molecular complexity index is 2110. The minimum Gasteiger partial charge on any atom is -0.478 e. The van der Waals surface area contributed by atoms with E-state index in [0.717, 1.165) is 0 Å². The molecule has 0 unspecified atom stereocenters. The Morgan fingerprint density at radius 1 is 0.589 bits per heavy atom. The Morgan fingerprint density at radius 2 is 1.05 bits per heavy atom. The predicted octanol–water partition coefficient (Wildman–Crippen LogP) is 7.34. The molecule has 1 amide bonds. The number of nitrogens with one attached hydrogen (secondary N) is 1. The van der Waals surface area contributed by atoms with Crippen molar-refractivity contribution in [2.24, 2.45) is 0 Å². The van der Waals surface area contributed by atoms with Crippen LogP contribution < -0.4 is 14.8 Å². The molecule has 0 aromatic heterocycles. The number of rotatable bonds is 16. The van der Waals surface area contributed by atoms with E-state index in [1.807, 2.05) is 6.07 Å². The normalized spacial score (nSPS) is 12.1. The van der Waals surface area contributed by atoms with Gasteiger partial charge in [0, 0.05) is 17.5 Å². The molecular formula is C43H45NO12. The van der Waals surface area contributed by atoms with E-state index in [9.17, 15) is 39.0 Å². The van der Waals surface area contributed by atoms with E-state index in [4.69, 9.17) is 18.9 Å². The SMILES string of the molecule is CC(C)(C)OC(=O)N[C@@H](Cc1ccc(OC(C)(C)C(=O)c2ccccc2C(=O)O)c(OC(C)(C)C(=O)c2ccccc2C(=O)O)c1)C(=O)OCc1ccccc1. The molecular weight excluding hydrogens is 722 g/mol. The van der Waals surface area contributed by atoms with Gasteiger partial charge in [-0.1, -0.05) is 72.8 Å². The lowest BCUT2D eigenvalue weighted by molar-refractivity contribution is -0.147. The van der Waals surface area contributed by atoms with Crippen molar-refractivity contribution in [2.75, 3.05) is 0 Å². The highest BCUT2D eigenvalue weighted by atomic mass is 16.6. The summed E-state index contributed by atoms with van der Waals surface area (Å²) in [6.07, 6.45) is -1.03. The van der Waals surface area contributed by atoms with Crippen LogP contribution in [0.3, 0.4) is 0 Å². The summed E-state index contributed by atoms with van der Waals surface area (Å²) in [4.78, 5) is 78.0. The Labute approximate surface area is 324 Å². The van der Waals surface area contributed by atoms with Gasteiger partial charge < -0.3 is 34.5 Å². The second-order valence-electron chi connectivity index (χ2n) is 14.9. The third-order valence-corrected chi connectivity index (χ3v) is 8.28. The lowest BCUT2D eigenvalue weighted by Gasteiger charge is -2.30. The molecule has 294 valence electrons. The fourth-order valence-electron chi connectivity index (χ4n) is 5.58. The molecule has 0 aliphatic heterocycles. The summed E-state index contributed by atoms with van der Waals surface area (Å²) in [7, 11) is 0. The van der Waals surface area contributed by atoms with E-state index < -0.39 is 58.4 Å². The molecule has 0 heterocycles. The number of Topliss-reactive ketones (excluding diaryl/α,β-unsaturated/α-hetero) is 2. The van der Waals surface area contributed by atoms with Crippen LogP contribution in [0.4, 0.5) is 4.79 Å². The van der Waals surface area contributed by atoms with Crippen molar-refractivity contribution in [1.82, 2.24) is 5.32 Å². The fraction of sp³-hybridized carbons (Fsp3) is 0.302. The Balaban J connectivity index is 1.75. The van der Waals surface area contributed by atoms with Crippen molar-refractivity contribution in [3.8, 4) is 11.5 Å². The molecule has 0 saturated carbocycles. The molecule has 13 nitrogen and oxygen atoms in total. The number of hydrogen-bond donors (Lipinski definition) is 3. The van der Waals surface area contributed by atoms with Gasteiger partial charge in [0.2, 0.25) is 11.6 Å². The lowest BCUT2D eigenvalue weighted by Crippen LogP contribution is -2.45. The smallest absolute Gasteiger partial charge is 0.408 e. The summed E-state index contributed by atoms with van der Waals surface area (Å²) in [5, 5.41) is 22.1. The van der Waals surface area contributed by atoms with E-state index in [1.165, 1.54) is 88.4 Å². The number of carboxylic acids is 2. The third-order valence-electron chi connectivity index (χ3n) is 8.28. The Morgan fingerprint density at radius 3 is 1.54 bits per heavy atom. The number of hydrogen-bond acceptors (Lipinski definition) is 10. The molecule has 0 radical (unpaired) electrons. The number of amides is 1.